The summed E-state index contributed by atoms with van der Waals surface area (Å²) in [6.07, 6.45) is 2.11. The summed E-state index contributed by atoms with van der Waals surface area (Å²) in [5, 5.41) is 18.5. The summed E-state index contributed by atoms with van der Waals surface area (Å²) in [6, 6.07) is 6.01. The van der Waals surface area contributed by atoms with E-state index in [2.05, 4.69) is 4.98 Å². The molecule has 0 saturated carbocycles. The van der Waals surface area contributed by atoms with Crippen molar-refractivity contribution in [2.75, 3.05) is 0 Å². The Bertz CT molecular complexity index is 492. The second kappa shape index (κ2) is 4.16. The molecule has 1 unspecified atom stereocenters. The molecule has 82 valence electrons. The maximum Gasteiger partial charge on any atom is 0.371 e. The number of furan rings is 1. The second-order valence-corrected chi connectivity index (χ2v) is 3.19. The van der Waals surface area contributed by atoms with Gasteiger partial charge in [-0.05, 0) is 29.8 Å². The molecule has 5 heteroatoms. The van der Waals surface area contributed by atoms with Crippen LogP contribution in [0.15, 0.2) is 41.1 Å². The summed E-state index contributed by atoms with van der Waals surface area (Å²) in [5.41, 5.74) is 0.598. The number of aliphatic hydroxyl groups excluding tert-OH is 1. The van der Waals surface area contributed by atoms with E-state index in [4.69, 9.17) is 9.52 Å². The van der Waals surface area contributed by atoms with Crippen LogP contribution in [0.25, 0.3) is 0 Å². The lowest BCUT2D eigenvalue weighted by Gasteiger charge is -2.06. The van der Waals surface area contributed by atoms with E-state index >= 15 is 0 Å². The van der Waals surface area contributed by atoms with Crippen LogP contribution < -0.4 is 0 Å². The third-order valence-electron chi connectivity index (χ3n) is 2.13. The van der Waals surface area contributed by atoms with Gasteiger partial charge in [0, 0.05) is 12.4 Å². The van der Waals surface area contributed by atoms with Crippen molar-refractivity contribution in [3.8, 4) is 0 Å². The molecule has 0 aliphatic carbocycles. The second-order valence-electron chi connectivity index (χ2n) is 3.19. The van der Waals surface area contributed by atoms with Gasteiger partial charge in [-0.2, -0.15) is 0 Å². The molecule has 0 spiro atoms. The quantitative estimate of drug-likeness (QED) is 0.816. The number of hydrogen-bond acceptors (Lipinski definition) is 4. The minimum atomic E-state index is -1.16. The van der Waals surface area contributed by atoms with Crippen LogP contribution in [0.5, 0.6) is 0 Å². The molecule has 0 saturated heterocycles. The molecular weight excluding hydrogens is 210 g/mol. The number of aromatic nitrogens is 1. The lowest BCUT2D eigenvalue weighted by molar-refractivity contribution is 0.0655. The molecule has 2 N–H and O–H groups in total. The zero-order valence-corrected chi connectivity index (χ0v) is 8.20. The number of nitrogens with zero attached hydrogens (tertiary/aromatic N) is 1. The Morgan fingerprint density at radius 1 is 1.25 bits per heavy atom. The van der Waals surface area contributed by atoms with Crippen LogP contribution >= 0.6 is 0 Å². The summed E-state index contributed by atoms with van der Waals surface area (Å²) in [6.45, 7) is 0. The molecule has 5 nitrogen and oxygen atoms in total. The highest BCUT2D eigenvalue weighted by Crippen LogP contribution is 2.23. The molecule has 1 atom stereocenters. The fourth-order valence-electron chi connectivity index (χ4n) is 1.32. The van der Waals surface area contributed by atoms with E-state index in [1.165, 1.54) is 12.1 Å². The number of carboxylic acids is 1. The van der Waals surface area contributed by atoms with E-state index in [-0.39, 0.29) is 11.5 Å². The molecule has 2 aromatic heterocycles. The molecular formula is C11H9NO4. The zero-order valence-electron chi connectivity index (χ0n) is 8.20. The average molecular weight is 219 g/mol. The molecule has 0 aromatic carbocycles. The number of carbonyl (C=O) groups is 1. The van der Waals surface area contributed by atoms with Crippen molar-refractivity contribution >= 4 is 5.97 Å². The number of aliphatic hydroxyl groups is 1. The maximum absolute atomic E-state index is 10.6. The van der Waals surface area contributed by atoms with Crippen LogP contribution in [0, 0.1) is 0 Å². The fourth-order valence-corrected chi connectivity index (χ4v) is 1.32. The monoisotopic (exact) mass is 219 g/mol. The van der Waals surface area contributed by atoms with Crippen molar-refractivity contribution in [1.29, 1.82) is 0 Å². The van der Waals surface area contributed by atoms with Crippen molar-refractivity contribution in [3.05, 3.63) is 53.7 Å². The van der Waals surface area contributed by atoms with Gasteiger partial charge in [0.1, 0.15) is 11.9 Å². The van der Waals surface area contributed by atoms with Gasteiger partial charge in [0.05, 0.1) is 0 Å². The Morgan fingerprint density at radius 2 is 1.94 bits per heavy atom. The first kappa shape index (κ1) is 10.4. The van der Waals surface area contributed by atoms with Crippen molar-refractivity contribution in [3.63, 3.8) is 0 Å². The topological polar surface area (TPSA) is 83.6 Å². The Morgan fingerprint density at radius 3 is 2.50 bits per heavy atom. The maximum atomic E-state index is 10.6. The molecule has 0 fully saturated rings. The largest absolute Gasteiger partial charge is 0.475 e. The Balaban J connectivity index is 2.27. The van der Waals surface area contributed by atoms with Crippen molar-refractivity contribution in [2.24, 2.45) is 0 Å². The molecule has 0 radical (unpaired) electrons. The van der Waals surface area contributed by atoms with Gasteiger partial charge in [-0.3, -0.25) is 4.98 Å². The number of rotatable bonds is 3. The number of hydrogen-bond donors (Lipinski definition) is 2. The molecule has 0 aliphatic rings. The van der Waals surface area contributed by atoms with Crippen molar-refractivity contribution in [2.45, 2.75) is 6.10 Å². The summed E-state index contributed by atoms with van der Waals surface area (Å²) in [4.78, 5) is 14.4. The highest BCUT2D eigenvalue weighted by molar-refractivity contribution is 5.84. The first-order valence-corrected chi connectivity index (χ1v) is 4.59. The molecule has 2 rings (SSSR count). The van der Waals surface area contributed by atoms with E-state index in [1.807, 2.05) is 0 Å². The predicted octanol–water partition coefficient (Wildman–Crippen LogP) is 1.45. The smallest absolute Gasteiger partial charge is 0.371 e. The van der Waals surface area contributed by atoms with Gasteiger partial charge in [0.15, 0.2) is 0 Å². The van der Waals surface area contributed by atoms with Crippen LogP contribution in [0.1, 0.15) is 28.0 Å². The molecule has 0 aliphatic heterocycles. The van der Waals surface area contributed by atoms with Gasteiger partial charge in [0.2, 0.25) is 5.76 Å². The van der Waals surface area contributed by atoms with Crippen LogP contribution in [-0.2, 0) is 0 Å². The predicted molar refractivity (Wildman–Crippen MR) is 54.0 cm³/mol. The zero-order chi connectivity index (χ0) is 11.5. The number of aromatic carboxylic acids is 1. The lowest BCUT2D eigenvalue weighted by Crippen LogP contribution is -1.98. The molecule has 2 aromatic rings. The summed E-state index contributed by atoms with van der Waals surface area (Å²) >= 11 is 0. The molecule has 0 bridgehead atoms. The lowest BCUT2D eigenvalue weighted by atomic mass is 10.1. The van der Waals surface area contributed by atoms with Gasteiger partial charge in [-0.1, -0.05) is 0 Å². The summed E-state index contributed by atoms with van der Waals surface area (Å²) in [5.74, 6) is -1.15. The van der Waals surface area contributed by atoms with Crippen LogP contribution in [0.4, 0.5) is 0 Å². The molecule has 0 amide bonds. The SMILES string of the molecule is O=C(O)c1ccc(C(O)c2ccncc2)o1. The van der Waals surface area contributed by atoms with Crippen LogP contribution in [-0.4, -0.2) is 21.2 Å². The minimum absolute atomic E-state index is 0.192. The highest BCUT2D eigenvalue weighted by atomic mass is 16.4. The molecule has 2 heterocycles. The van der Waals surface area contributed by atoms with E-state index < -0.39 is 12.1 Å². The van der Waals surface area contributed by atoms with E-state index in [0.29, 0.717) is 5.56 Å². The van der Waals surface area contributed by atoms with Gasteiger partial charge < -0.3 is 14.6 Å². The first-order chi connectivity index (χ1) is 7.68. The third-order valence-corrected chi connectivity index (χ3v) is 2.13. The van der Waals surface area contributed by atoms with E-state index in [0.717, 1.165) is 0 Å². The van der Waals surface area contributed by atoms with Crippen LogP contribution in [0.2, 0.25) is 0 Å². The fraction of sp³-hybridized carbons (Fsp3) is 0.0909. The Kier molecular flexibility index (Phi) is 2.70. The normalized spacial score (nSPS) is 12.3. The van der Waals surface area contributed by atoms with Crippen molar-refractivity contribution < 1.29 is 19.4 Å². The van der Waals surface area contributed by atoms with Gasteiger partial charge >= 0.3 is 5.97 Å². The minimum Gasteiger partial charge on any atom is -0.475 e. The highest BCUT2D eigenvalue weighted by Gasteiger charge is 2.16. The average Bonchev–Trinajstić information content (AvgIpc) is 2.78. The number of pyridine rings is 1. The van der Waals surface area contributed by atoms with E-state index in [1.54, 1.807) is 24.5 Å². The van der Waals surface area contributed by atoms with Gasteiger partial charge in [-0.15, -0.1) is 0 Å². The standard InChI is InChI=1S/C11H9NO4/c13-10(7-3-5-12-6-4-7)8-1-2-9(16-8)11(14)15/h1-6,10,13H,(H,14,15). The Hall–Kier alpha value is -2.14. The summed E-state index contributed by atoms with van der Waals surface area (Å²) in [7, 11) is 0. The van der Waals surface area contributed by atoms with Crippen LogP contribution in [0.3, 0.4) is 0 Å². The number of carboxylic acid groups (broad SMARTS) is 1. The van der Waals surface area contributed by atoms with Crippen molar-refractivity contribution in [1.82, 2.24) is 4.98 Å². The molecule has 16 heavy (non-hydrogen) atoms. The first-order valence-electron chi connectivity index (χ1n) is 4.59. The Labute approximate surface area is 91.0 Å². The third kappa shape index (κ3) is 1.94. The summed E-state index contributed by atoms with van der Waals surface area (Å²) < 4.78 is 4.99. The van der Waals surface area contributed by atoms with Gasteiger partial charge in [-0.25, -0.2) is 4.79 Å². The van der Waals surface area contributed by atoms with Gasteiger partial charge in [0.25, 0.3) is 0 Å². The van der Waals surface area contributed by atoms with E-state index in [9.17, 15) is 9.90 Å².